The van der Waals surface area contributed by atoms with Crippen LogP contribution in [0, 0.1) is 0 Å². The molecular formula is C13H23N3O2. The van der Waals surface area contributed by atoms with Gasteiger partial charge in [0.25, 0.3) is 0 Å². The van der Waals surface area contributed by atoms with Crippen molar-refractivity contribution in [2.75, 3.05) is 39.3 Å². The number of aliphatic hydroxyl groups is 1. The Bertz CT molecular complexity index is 354. The topological polar surface area (TPSA) is 71.6 Å². The molecule has 0 radical (unpaired) electrons. The lowest BCUT2D eigenvalue weighted by Crippen LogP contribution is -2.32. The fourth-order valence-electron chi connectivity index (χ4n) is 1.86. The molecule has 1 heterocycles. The van der Waals surface area contributed by atoms with Crippen LogP contribution in [-0.4, -0.2) is 44.4 Å². The van der Waals surface area contributed by atoms with Gasteiger partial charge in [-0.3, -0.25) is 0 Å². The van der Waals surface area contributed by atoms with E-state index < -0.39 is 5.60 Å². The average Bonchev–Trinajstić information content (AvgIpc) is 2.37. The maximum Gasteiger partial charge on any atom is 0.127 e. The number of methoxy groups -OCH3 is 1. The summed E-state index contributed by atoms with van der Waals surface area (Å²) in [6, 6.07) is 3.77. The zero-order valence-electron chi connectivity index (χ0n) is 11.4. The van der Waals surface area contributed by atoms with E-state index in [0.29, 0.717) is 13.0 Å². The summed E-state index contributed by atoms with van der Waals surface area (Å²) in [6.07, 6.45) is 3.01. The Morgan fingerprint density at radius 2 is 2.17 bits per heavy atom. The SMILES string of the molecule is COCC(O)(CCCN)c1ccc(N(C)C)nc1. The summed E-state index contributed by atoms with van der Waals surface area (Å²) in [7, 11) is 5.44. The van der Waals surface area contributed by atoms with Gasteiger partial charge in [-0.2, -0.15) is 0 Å². The molecule has 0 fully saturated rings. The van der Waals surface area contributed by atoms with Gasteiger partial charge in [0.15, 0.2) is 0 Å². The van der Waals surface area contributed by atoms with Crippen LogP contribution in [0.4, 0.5) is 5.82 Å². The van der Waals surface area contributed by atoms with E-state index >= 15 is 0 Å². The number of nitrogens with zero attached hydrogens (tertiary/aromatic N) is 2. The lowest BCUT2D eigenvalue weighted by Gasteiger charge is -2.28. The molecule has 1 unspecified atom stereocenters. The maximum absolute atomic E-state index is 10.6. The monoisotopic (exact) mass is 253 g/mol. The summed E-state index contributed by atoms with van der Waals surface area (Å²) in [5.41, 5.74) is 5.26. The van der Waals surface area contributed by atoms with Crippen LogP contribution in [-0.2, 0) is 10.3 Å². The predicted octanol–water partition coefficient (Wildman–Crippen LogP) is 0.720. The number of hydrogen-bond acceptors (Lipinski definition) is 5. The second-order valence-electron chi connectivity index (χ2n) is 4.66. The van der Waals surface area contributed by atoms with Gasteiger partial charge in [0.05, 0.1) is 6.61 Å². The molecule has 1 atom stereocenters. The van der Waals surface area contributed by atoms with Gasteiger partial charge < -0.3 is 20.5 Å². The third-order valence-corrected chi connectivity index (χ3v) is 2.92. The lowest BCUT2D eigenvalue weighted by atomic mass is 9.91. The van der Waals surface area contributed by atoms with Crippen LogP contribution in [0.1, 0.15) is 18.4 Å². The van der Waals surface area contributed by atoms with Gasteiger partial charge in [-0.25, -0.2) is 4.98 Å². The minimum atomic E-state index is -1.01. The van der Waals surface area contributed by atoms with Gasteiger partial charge in [0, 0.05) is 33.0 Å². The van der Waals surface area contributed by atoms with Crippen molar-refractivity contribution in [2.45, 2.75) is 18.4 Å². The largest absolute Gasteiger partial charge is 0.383 e. The van der Waals surface area contributed by atoms with E-state index in [2.05, 4.69) is 4.98 Å². The first-order valence-corrected chi connectivity index (χ1v) is 6.09. The van der Waals surface area contributed by atoms with Gasteiger partial charge >= 0.3 is 0 Å². The smallest absolute Gasteiger partial charge is 0.127 e. The van der Waals surface area contributed by atoms with Crippen molar-refractivity contribution >= 4 is 5.82 Å². The number of aromatic nitrogens is 1. The Labute approximate surface area is 109 Å². The highest BCUT2D eigenvalue weighted by molar-refractivity contribution is 5.38. The molecule has 5 nitrogen and oxygen atoms in total. The van der Waals surface area contributed by atoms with E-state index in [-0.39, 0.29) is 6.61 Å². The minimum absolute atomic E-state index is 0.246. The molecule has 0 saturated carbocycles. The maximum atomic E-state index is 10.6. The lowest BCUT2D eigenvalue weighted by molar-refractivity contribution is -0.0431. The standard InChI is InChI=1S/C13H23N3O2/c1-16(2)12-6-5-11(9-15-12)13(17,10-18-3)7-4-8-14/h5-6,9,17H,4,7-8,10,14H2,1-3H3. The fraction of sp³-hybridized carbons (Fsp3) is 0.615. The molecule has 0 bridgehead atoms. The molecule has 102 valence electrons. The molecule has 1 aromatic heterocycles. The Morgan fingerprint density at radius 3 is 2.61 bits per heavy atom. The van der Waals surface area contributed by atoms with Crippen LogP contribution in [0.2, 0.25) is 0 Å². The van der Waals surface area contributed by atoms with Crippen molar-refractivity contribution < 1.29 is 9.84 Å². The van der Waals surface area contributed by atoms with Crippen molar-refractivity contribution in [2.24, 2.45) is 5.73 Å². The van der Waals surface area contributed by atoms with Crippen LogP contribution in [0.5, 0.6) is 0 Å². The van der Waals surface area contributed by atoms with E-state index in [0.717, 1.165) is 17.8 Å². The van der Waals surface area contributed by atoms with Crippen LogP contribution < -0.4 is 10.6 Å². The first kappa shape index (κ1) is 14.9. The van der Waals surface area contributed by atoms with Gasteiger partial charge in [-0.05, 0) is 25.5 Å². The second-order valence-corrected chi connectivity index (χ2v) is 4.66. The fourth-order valence-corrected chi connectivity index (χ4v) is 1.86. The molecule has 0 aliphatic rings. The van der Waals surface area contributed by atoms with E-state index in [1.165, 1.54) is 0 Å². The average molecular weight is 253 g/mol. The van der Waals surface area contributed by atoms with Gasteiger partial charge in [-0.1, -0.05) is 6.07 Å². The van der Waals surface area contributed by atoms with Gasteiger partial charge in [-0.15, -0.1) is 0 Å². The number of hydrogen-bond donors (Lipinski definition) is 2. The number of nitrogens with two attached hydrogens (primary N) is 1. The predicted molar refractivity (Wildman–Crippen MR) is 72.6 cm³/mol. The third-order valence-electron chi connectivity index (χ3n) is 2.92. The first-order valence-electron chi connectivity index (χ1n) is 6.09. The first-order chi connectivity index (χ1) is 8.53. The zero-order valence-corrected chi connectivity index (χ0v) is 11.4. The normalized spacial score (nSPS) is 14.3. The summed E-state index contributed by atoms with van der Waals surface area (Å²) in [5.74, 6) is 0.859. The van der Waals surface area contributed by atoms with Gasteiger partial charge in [0.2, 0.25) is 0 Å². The molecule has 0 spiro atoms. The Kier molecular flexibility index (Phi) is 5.53. The van der Waals surface area contributed by atoms with E-state index in [9.17, 15) is 5.11 Å². The summed E-state index contributed by atoms with van der Waals surface area (Å²) in [5, 5.41) is 10.6. The third kappa shape index (κ3) is 3.66. The van der Waals surface area contributed by atoms with Crippen molar-refractivity contribution in [3.05, 3.63) is 23.9 Å². The van der Waals surface area contributed by atoms with Crippen LogP contribution >= 0.6 is 0 Å². The molecule has 1 rings (SSSR count). The Morgan fingerprint density at radius 1 is 1.44 bits per heavy atom. The highest BCUT2D eigenvalue weighted by Gasteiger charge is 2.29. The van der Waals surface area contributed by atoms with Crippen molar-refractivity contribution in [1.29, 1.82) is 0 Å². The van der Waals surface area contributed by atoms with E-state index in [1.54, 1.807) is 13.3 Å². The van der Waals surface area contributed by atoms with E-state index in [1.807, 2.05) is 31.1 Å². The molecule has 1 aromatic rings. The van der Waals surface area contributed by atoms with Crippen molar-refractivity contribution in [3.63, 3.8) is 0 Å². The van der Waals surface area contributed by atoms with Crippen molar-refractivity contribution in [3.8, 4) is 0 Å². The second kappa shape index (κ2) is 6.68. The summed E-state index contributed by atoms with van der Waals surface area (Å²) in [6.45, 7) is 0.797. The Hall–Kier alpha value is -1.17. The molecule has 0 saturated heterocycles. The minimum Gasteiger partial charge on any atom is -0.383 e. The molecule has 0 aliphatic heterocycles. The van der Waals surface area contributed by atoms with Gasteiger partial charge in [0.1, 0.15) is 11.4 Å². The highest BCUT2D eigenvalue weighted by atomic mass is 16.5. The molecule has 18 heavy (non-hydrogen) atoms. The van der Waals surface area contributed by atoms with E-state index in [4.69, 9.17) is 10.5 Å². The Balaban J connectivity index is 2.91. The number of rotatable bonds is 7. The van der Waals surface area contributed by atoms with Crippen molar-refractivity contribution in [1.82, 2.24) is 4.98 Å². The molecule has 5 heteroatoms. The summed E-state index contributed by atoms with van der Waals surface area (Å²) in [4.78, 5) is 6.23. The molecule has 0 aromatic carbocycles. The number of anilines is 1. The quantitative estimate of drug-likeness (QED) is 0.749. The number of pyridine rings is 1. The zero-order chi connectivity index (χ0) is 13.6. The van der Waals surface area contributed by atoms with Crippen LogP contribution in [0.15, 0.2) is 18.3 Å². The molecular weight excluding hydrogens is 230 g/mol. The molecule has 0 aliphatic carbocycles. The molecule has 0 amide bonds. The summed E-state index contributed by atoms with van der Waals surface area (Å²) >= 11 is 0. The highest BCUT2D eigenvalue weighted by Crippen LogP contribution is 2.27. The molecule has 3 N–H and O–H groups in total. The summed E-state index contributed by atoms with van der Waals surface area (Å²) < 4.78 is 5.11. The van der Waals surface area contributed by atoms with Crippen LogP contribution in [0.25, 0.3) is 0 Å². The van der Waals surface area contributed by atoms with Crippen LogP contribution in [0.3, 0.4) is 0 Å². The number of ether oxygens (including phenoxy) is 1.